The fraction of sp³-hybridized carbons (Fsp3) is 0.333. The minimum absolute atomic E-state index is 0.339. The standard InChI is InChI=1S/C18H16FN3O9/c19-10-5-8-14(21(7-1-2-7)6-9(16(8)25)17(26)27)15(22(30)31)13(10)20-11(18(28)29)3-4-12(23)24/h5-7,11,20H,1-4H2,(H,23,24)(H,26,27)(H,28,29)/t11-/m0/s1. The van der Waals surface area contributed by atoms with Crippen LogP contribution in [0.4, 0.5) is 15.8 Å². The first-order valence-electron chi connectivity index (χ1n) is 9.03. The van der Waals surface area contributed by atoms with Gasteiger partial charge in [0.15, 0.2) is 11.5 Å². The van der Waals surface area contributed by atoms with Gasteiger partial charge in [0.25, 0.3) is 0 Å². The van der Waals surface area contributed by atoms with Gasteiger partial charge in [0.1, 0.15) is 17.1 Å². The number of carboxylic acids is 3. The number of rotatable bonds is 9. The topological polar surface area (TPSA) is 189 Å². The predicted octanol–water partition coefficient (Wildman–Crippen LogP) is 1.81. The van der Waals surface area contributed by atoms with E-state index in [0.29, 0.717) is 18.9 Å². The van der Waals surface area contributed by atoms with Gasteiger partial charge in [0.05, 0.1) is 10.3 Å². The SMILES string of the molecule is O=C(O)CC[C@H](Nc1c(F)cc2c(=O)c(C(=O)O)cn(C3CC3)c2c1[N+](=O)[O-])C(=O)O. The molecule has 3 rings (SSSR count). The third-order valence-electron chi connectivity index (χ3n) is 4.86. The van der Waals surface area contributed by atoms with E-state index in [-0.39, 0.29) is 11.6 Å². The summed E-state index contributed by atoms with van der Waals surface area (Å²) >= 11 is 0. The zero-order chi connectivity index (χ0) is 23.0. The summed E-state index contributed by atoms with van der Waals surface area (Å²) in [4.78, 5) is 57.0. The number of carbonyl (C=O) groups is 3. The maximum absolute atomic E-state index is 14.9. The molecule has 0 amide bonds. The van der Waals surface area contributed by atoms with Gasteiger partial charge in [-0.25, -0.2) is 14.0 Å². The average molecular weight is 437 g/mol. The van der Waals surface area contributed by atoms with Gasteiger partial charge >= 0.3 is 23.6 Å². The van der Waals surface area contributed by atoms with Crippen molar-refractivity contribution in [1.82, 2.24) is 4.57 Å². The summed E-state index contributed by atoms with van der Waals surface area (Å²) in [5, 5.41) is 40.8. The van der Waals surface area contributed by atoms with Crippen molar-refractivity contribution in [3.8, 4) is 0 Å². The molecule has 0 radical (unpaired) electrons. The van der Waals surface area contributed by atoms with Crippen LogP contribution >= 0.6 is 0 Å². The van der Waals surface area contributed by atoms with Crippen LogP contribution in [0.25, 0.3) is 10.9 Å². The van der Waals surface area contributed by atoms with E-state index in [2.05, 4.69) is 5.32 Å². The number of hydrogen-bond donors (Lipinski definition) is 4. The Morgan fingerprint density at radius 1 is 1.29 bits per heavy atom. The number of nitro groups is 1. The van der Waals surface area contributed by atoms with Crippen molar-refractivity contribution in [1.29, 1.82) is 0 Å². The third-order valence-corrected chi connectivity index (χ3v) is 4.86. The molecule has 1 heterocycles. The van der Waals surface area contributed by atoms with Crippen molar-refractivity contribution in [2.24, 2.45) is 0 Å². The Bertz CT molecular complexity index is 1190. The van der Waals surface area contributed by atoms with Crippen LogP contribution in [0.15, 0.2) is 17.1 Å². The van der Waals surface area contributed by atoms with Crippen molar-refractivity contribution in [2.75, 3.05) is 5.32 Å². The Morgan fingerprint density at radius 2 is 1.94 bits per heavy atom. The summed E-state index contributed by atoms with van der Waals surface area (Å²) in [7, 11) is 0. The van der Waals surface area contributed by atoms with E-state index < -0.39 is 75.3 Å². The molecule has 1 saturated carbocycles. The molecule has 164 valence electrons. The Hall–Kier alpha value is -4.03. The Morgan fingerprint density at radius 3 is 2.42 bits per heavy atom. The number of pyridine rings is 1. The van der Waals surface area contributed by atoms with Crippen molar-refractivity contribution in [2.45, 2.75) is 37.8 Å². The Labute approximate surface area is 171 Å². The molecule has 2 aromatic rings. The second-order valence-corrected chi connectivity index (χ2v) is 7.02. The highest BCUT2D eigenvalue weighted by molar-refractivity contribution is 5.99. The molecular weight excluding hydrogens is 421 g/mol. The number of nitrogens with zero attached hydrogens (tertiary/aromatic N) is 2. The van der Waals surface area contributed by atoms with Gasteiger partial charge in [-0.1, -0.05) is 0 Å². The number of anilines is 1. The zero-order valence-electron chi connectivity index (χ0n) is 15.7. The third kappa shape index (κ3) is 4.15. The van der Waals surface area contributed by atoms with E-state index in [0.717, 1.165) is 6.20 Å². The van der Waals surface area contributed by atoms with E-state index in [1.807, 2.05) is 0 Å². The lowest BCUT2D eigenvalue weighted by atomic mass is 10.1. The fourth-order valence-corrected chi connectivity index (χ4v) is 3.28. The molecule has 12 nitrogen and oxygen atoms in total. The maximum Gasteiger partial charge on any atom is 0.341 e. The highest BCUT2D eigenvalue weighted by atomic mass is 19.1. The van der Waals surface area contributed by atoms with Crippen LogP contribution in [0.3, 0.4) is 0 Å². The highest BCUT2D eigenvalue weighted by Gasteiger charge is 2.35. The predicted molar refractivity (Wildman–Crippen MR) is 102 cm³/mol. The molecule has 0 spiro atoms. The number of aromatic carboxylic acids is 1. The molecule has 1 aromatic heterocycles. The van der Waals surface area contributed by atoms with Crippen molar-refractivity contribution >= 4 is 40.2 Å². The Kier molecular flexibility index (Phi) is 5.60. The first-order chi connectivity index (χ1) is 14.5. The molecule has 1 aliphatic carbocycles. The molecular formula is C18H16FN3O9. The van der Waals surface area contributed by atoms with Crippen LogP contribution in [0.2, 0.25) is 0 Å². The molecule has 4 N–H and O–H groups in total. The van der Waals surface area contributed by atoms with Gasteiger partial charge in [0.2, 0.25) is 5.43 Å². The summed E-state index contributed by atoms with van der Waals surface area (Å²) in [5.41, 5.74) is -3.90. The van der Waals surface area contributed by atoms with Crippen LogP contribution < -0.4 is 10.7 Å². The zero-order valence-corrected chi connectivity index (χ0v) is 15.7. The van der Waals surface area contributed by atoms with E-state index in [1.165, 1.54) is 4.57 Å². The number of nitro benzene ring substituents is 1. The molecule has 1 atom stereocenters. The average Bonchev–Trinajstić information content (AvgIpc) is 3.50. The van der Waals surface area contributed by atoms with Gasteiger partial charge in [-0.05, 0) is 25.3 Å². The quantitative estimate of drug-likeness (QED) is 0.332. The largest absolute Gasteiger partial charge is 0.481 e. The maximum atomic E-state index is 14.9. The number of carboxylic acid groups (broad SMARTS) is 3. The molecule has 1 fully saturated rings. The molecule has 1 aliphatic rings. The first-order valence-corrected chi connectivity index (χ1v) is 9.03. The number of fused-ring (bicyclic) bond motifs is 1. The summed E-state index contributed by atoms with van der Waals surface area (Å²) in [6.07, 6.45) is 0.961. The fourth-order valence-electron chi connectivity index (χ4n) is 3.28. The summed E-state index contributed by atoms with van der Waals surface area (Å²) in [6.45, 7) is 0. The van der Waals surface area contributed by atoms with Gasteiger partial charge in [-0.15, -0.1) is 0 Å². The lowest BCUT2D eigenvalue weighted by molar-refractivity contribution is -0.382. The van der Waals surface area contributed by atoms with E-state index in [9.17, 15) is 43.9 Å². The van der Waals surface area contributed by atoms with Crippen LogP contribution in [0.5, 0.6) is 0 Å². The van der Waals surface area contributed by atoms with Gasteiger partial charge in [-0.2, -0.15) is 0 Å². The number of aliphatic carboxylic acids is 2. The van der Waals surface area contributed by atoms with Crippen molar-refractivity contribution in [3.05, 3.63) is 44.0 Å². The second kappa shape index (κ2) is 8.01. The Balaban J connectivity index is 2.29. The normalized spacial score (nSPS) is 14.2. The number of hydrogen-bond acceptors (Lipinski definition) is 7. The lowest BCUT2D eigenvalue weighted by Crippen LogP contribution is -2.31. The smallest absolute Gasteiger partial charge is 0.341 e. The van der Waals surface area contributed by atoms with Crippen LogP contribution in [0.1, 0.15) is 42.1 Å². The van der Waals surface area contributed by atoms with E-state index >= 15 is 0 Å². The molecule has 0 saturated heterocycles. The molecule has 31 heavy (non-hydrogen) atoms. The number of benzene rings is 1. The first kappa shape index (κ1) is 21.7. The summed E-state index contributed by atoms with van der Waals surface area (Å²) < 4.78 is 16.1. The van der Waals surface area contributed by atoms with Gasteiger partial charge < -0.3 is 25.2 Å². The highest BCUT2D eigenvalue weighted by Crippen LogP contribution is 2.42. The molecule has 0 aliphatic heterocycles. The molecule has 1 aromatic carbocycles. The number of nitrogens with one attached hydrogen (secondary N) is 1. The van der Waals surface area contributed by atoms with E-state index in [4.69, 9.17) is 5.11 Å². The van der Waals surface area contributed by atoms with Crippen LogP contribution in [-0.4, -0.2) is 48.8 Å². The lowest BCUT2D eigenvalue weighted by Gasteiger charge is -2.18. The van der Waals surface area contributed by atoms with Crippen molar-refractivity contribution < 1.29 is 39.0 Å². The van der Waals surface area contributed by atoms with Crippen molar-refractivity contribution in [3.63, 3.8) is 0 Å². The van der Waals surface area contributed by atoms with Crippen LogP contribution in [0, 0.1) is 15.9 Å². The molecule has 0 unspecified atom stereocenters. The van der Waals surface area contributed by atoms with Gasteiger partial charge in [-0.3, -0.25) is 19.7 Å². The number of aromatic nitrogens is 1. The van der Waals surface area contributed by atoms with Crippen LogP contribution in [-0.2, 0) is 9.59 Å². The minimum Gasteiger partial charge on any atom is -0.481 e. The monoisotopic (exact) mass is 437 g/mol. The molecule has 13 heteroatoms. The minimum atomic E-state index is -1.67. The number of halogens is 1. The van der Waals surface area contributed by atoms with E-state index in [1.54, 1.807) is 0 Å². The van der Waals surface area contributed by atoms with Gasteiger partial charge in [0, 0.05) is 18.7 Å². The molecule has 0 bridgehead atoms. The summed E-state index contributed by atoms with van der Waals surface area (Å²) in [6, 6.07) is -1.39. The summed E-state index contributed by atoms with van der Waals surface area (Å²) in [5.74, 6) is -5.80. The second-order valence-electron chi connectivity index (χ2n) is 7.02.